The van der Waals surface area contributed by atoms with Gasteiger partial charge in [0, 0.05) is 12.1 Å². The van der Waals surface area contributed by atoms with Crippen molar-refractivity contribution in [3.8, 4) is 17.2 Å². The molecule has 0 aliphatic rings. The minimum atomic E-state index is -0.667. The van der Waals surface area contributed by atoms with Gasteiger partial charge in [-0.3, -0.25) is 14.9 Å². The first-order valence-corrected chi connectivity index (χ1v) is 10.6. The van der Waals surface area contributed by atoms with Gasteiger partial charge in [-0.25, -0.2) is 10.2 Å². The number of nitro benzene ring substituents is 1. The largest absolute Gasteiger partial charge is 0.490 e. The number of hydrazone groups is 1. The third-order valence-electron chi connectivity index (χ3n) is 4.08. The van der Waals surface area contributed by atoms with Gasteiger partial charge in [-0.05, 0) is 64.8 Å². The molecule has 1 aromatic heterocycles. The maximum atomic E-state index is 12.1. The molecule has 0 spiro atoms. The van der Waals surface area contributed by atoms with E-state index < -0.39 is 16.8 Å². The Balaban J connectivity index is 1.57. The van der Waals surface area contributed by atoms with Crippen LogP contribution in [0, 0.1) is 10.1 Å². The van der Waals surface area contributed by atoms with Crippen molar-refractivity contribution in [1.82, 2.24) is 5.43 Å². The summed E-state index contributed by atoms with van der Waals surface area (Å²) in [5, 5.41) is 14.6. The van der Waals surface area contributed by atoms with Crippen molar-refractivity contribution >= 4 is 39.7 Å². The zero-order chi connectivity index (χ0) is 24.5. The maximum absolute atomic E-state index is 12.1. The first kappa shape index (κ1) is 24.5. The number of esters is 1. The minimum Gasteiger partial charge on any atom is -0.490 e. The zero-order valence-corrected chi connectivity index (χ0v) is 19.3. The average Bonchev–Trinajstić information content (AvgIpc) is 3.35. The first-order valence-electron chi connectivity index (χ1n) is 9.78. The van der Waals surface area contributed by atoms with E-state index in [1.807, 2.05) is 0 Å². The Bertz CT molecular complexity index is 1210. The molecule has 0 aliphatic heterocycles. The predicted molar refractivity (Wildman–Crippen MR) is 123 cm³/mol. The molecule has 1 N–H and O–H groups in total. The Labute approximate surface area is 201 Å². The Kier molecular flexibility index (Phi) is 8.35. The van der Waals surface area contributed by atoms with Gasteiger partial charge in [0.2, 0.25) is 5.76 Å². The second-order valence-electron chi connectivity index (χ2n) is 6.46. The molecule has 2 aromatic carbocycles. The number of carbonyl (C=O) groups is 2. The van der Waals surface area contributed by atoms with Crippen molar-refractivity contribution in [2.75, 3.05) is 13.2 Å². The molecule has 12 heteroatoms. The van der Waals surface area contributed by atoms with Crippen molar-refractivity contribution in [2.24, 2.45) is 5.10 Å². The minimum absolute atomic E-state index is 0.0544. The number of benzene rings is 2. The summed E-state index contributed by atoms with van der Waals surface area (Å²) in [6.07, 6.45) is 2.74. The second-order valence-corrected chi connectivity index (χ2v) is 7.31. The SMILES string of the molecule is CCOc1cc(C=NNC(=O)COc2ccc([N+](=O)[O-])cc2Br)ccc1OC(=O)c1ccco1. The van der Waals surface area contributed by atoms with Gasteiger partial charge < -0.3 is 18.6 Å². The fourth-order valence-electron chi connectivity index (χ4n) is 2.58. The van der Waals surface area contributed by atoms with Crippen molar-refractivity contribution in [1.29, 1.82) is 0 Å². The molecule has 0 bridgehead atoms. The predicted octanol–water partition coefficient (Wildman–Crippen LogP) is 4.10. The van der Waals surface area contributed by atoms with Crippen LogP contribution in [-0.2, 0) is 4.79 Å². The van der Waals surface area contributed by atoms with Gasteiger partial charge in [0.05, 0.1) is 28.5 Å². The molecule has 0 saturated heterocycles. The van der Waals surface area contributed by atoms with Crippen LogP contribution in [0.2, 0.25) is 0 Å². The van der Waals surface area contributed by atoms with Crippen LogP contribution in [0.5, 0.6) is 17.2 Å². The van der Waals surface area contributed by atoms with E-state index in [1.165, 1.54) is 42.8 Å². The number of carbonyl (C=O) groups excluding carboxylic acids is 2. The fourth-order valence-corrected chi connectivity index (χ4v) is 3.06. The molecule has 1 amide bonds. The Morgan fingerprint density at radius 2 is 1.94 bits per heavy atom. The van der Waals surface area contributed by atoms with Crippen LogP contribution in [0.3, 0.4) is 0 Å². The number of ether oxygens (including phenoxy) is 3. The van der Waals surface area contributed by atoms with E-state index in [-0.39, 0.29) is 29.6 Å². The Morgan fingerprint density at radius 3 is 2.62 bits per heavy atom. The summed E-state index contributed by atoms with van der Waals surface area (Å²) < 4.78 is 21.5. The van der Waals surface area contributed by atoms with Gasteiger partial charge >= 0.3 is 5.97 Å². The summed E-state index contributed by atoms with van der Waals surface area (Å²) in [7, 11) is 0. The molecule has 0 radical (unpaired) electrons. The second kappa shape index (κ2) is 11.6. The number of nitrogens with zero attached hydrogens (tertiary/aromatic N) is 2. The summed E-state index contributed by atoms with van der Waals surface area (Å²) in [4.78, 5) is 34.3. The van der Waals surface area contributed by atoms with Gasteiger partial charge in [0.25, 0.3) is 11.6 Å². The quantitative estimate of drug-likeness (QED) is 0.135. The van der Waals surface area contributed by atoms with Gasteiger partial charge in [-0.15, -0.1) is 0 Å². The number of non-ortho nitro benzene ring substituents is 1. The first-order chi connectivity index (χ1) is 16.4. The molecule has 3 aromatic rings. The van der Waals surface area contributed by atoms with Crippen molar-refractivity contribution in [3.05, 3.63) is 80.7 Å². The van der Waals surface area contributed by atoms with E-state index in [1.54, 1.807) is 25.1 Å². The molecule has 176 valence electrons. The van der Waals surface area contributed by atoms with Crippen LogP contribution < -0.4 is 19.6 Å². The van der Waals surface area contributed by atoms with Crippen LogP contribution >= 0.6 is 15.9 Å². The summed E-state index contributed by atoms with van der Waals surface area (Å²) >= 11 is 3.16. The number of hydrogen-bond acceptors (Lipinski definition) is 9. The number of nitro groups is 1. The van der Waals surface area contributed by atoms with E-state index in [4.69, 9.17) is 18.6 Å². The molecular weight excluding hydrogens is 514 g/mol. The fraction of sp³-hybridized carbons (Fsp3) is 0.136. The topological polar surface area (TPSA) is 142 Å². The van der Waals surface area contributed by atoms with Crippen molar-refractivity contribution in [3.63, 3.8) is 0 Å². The highest BCUT2D eigenvalue weighted by Crippen LogP contribution is 2.30. The van der Waals surface area contributed by atoms with Gasteiger partial charge in [0.1, 0.15) is 5.75 Å². The summed E-state index contributed by atoms with van der Waals surface area (Å²) in [6.45, 7) is 1.75. The molecule has 3 rings (SSSR count). The third-order valence-corrected chi connectivity index (χ3v) is 4.70. The monoisotopic (exact) mass is 531 g/mol. The normalized spacial score (nSPS) is 10.6. The molecular formula is C22H18BrN3O8. The molecule has 0 fully saturated rings. The molecule has 0 saturated carbocycles. The summed E-state index contributed by atoms with van der Waals surface area (Å²) in [5.41, 5.74) is 2.77. The highest BCUT2D eigenvalue weighted by atomic mass is 79.9. The van der Waals surface area contributed by atoms with Crippen molar-refractivity contribution in [2.45, 2.75) is 6.92 Å². The number of halogens is 1. The van der Waals surface area contributed by atoms with E-state index in [0.29, 0.717) is 22.4 Å². The molecule has 0 unspecified atom stereocenters. The lowest BCUT2D eigenvalue weighted by Gasteiger charge is -2.10. The van der Waals surface area contributed by atoms with Gasteiger partial charge in [-0.1, -0.05) is 0 Å². The summed E-state index contributed by atoms with van der Waals surface area (Å²) in [5.74, 6) is -0.380. The highest BCUT2D eigenvalue weighted by molar-refractivity contribution is 9.10. The molecule has 1 heterocycles. The maximum Gasteiger partial charge on any atom is 0.379 e. The van der Waals surface area contributed by atoms with Gasteiger partial charge in [-0.2, -0.15) is 5.10 Å². The van der Waals surface area contributed by atoms with Crippen LogP contribution in [0.15, 0.2) is 68.8 Å². The third kappa shape index (κ3) is 6.65. The number of furan rings is 1. The van der Waals surface area contributed by atoms with Crippen LogP contribution in [0.4, 0.5) is 5.69 Å². The molecule has 34 heavy (non-hydrogen) atoms. The lowest BCUT2D eigenvalue weighted by atomic mass is 10.2. The van der Waals surface area contributed by atoms with Crippen LogP contribution in [-0.4, -0.2) is 36.2 Å². The number of nitrogens with one attached hydrogen (secondary N) is 1. The Morgan fingerprint density at radius 1 is 1.15 bits per heavy atom. The number of hydrogen-bond donors (Lipinski definition) is 1. The van der Waals surface area contributed by atoms with Crippen LogP contribution in [0.25, 0.3) is 0 Å². The molecule has 11 nitrogen and oxygen atoms in total. The van der Waals surface area contributed by atoms with Gasteiger partial charge in [0.15, 0.2) is 18.1 Å². The van der Waals surface area contributed by atoms with E-state index >= 15 is 0 Å². The number of rotatable bonds is 10. The lowest BCUT2D eigenvalue weighted by molar-refractivity contribution is -0.385. The summed E-state index contributed by atoms with van der Waals surface area (Å²) in [6, 6.07) is 11.7. The standard InChI is InChI=1S/C22H18BrN3O8/c1-2-31-20-10-14(5-7-18(20)34-22(28)19-4-3-9-32-19)12-24-25-21(27)13-33-17-8-6-15(26(29)30)11-16(17)23/h3-12H,2,13H2,1H3,(H,25,27). The zero-order valence-electron chi connectivity index (χ0n) is 17.7. The average molecular weight is 532 g/mol. The highest BCUT2D eigenvalue weighted by Gasteiger charge is 2.15. The van der Waals surface area contributed by atoms with E-state index in [9.17, 15) is 19.7 Å². The van der Waals surface area contributed by atoms with Crippen molar-refractivity contribution < 1.29 is 33.1 Å². The molecule has 0 aliphatic carbocycles. The lowest BCUT2D eigenvalue weighted by Crippen LogP contribution is -2.24. The van der Waals surface area contributed by atoms with Crippen LogP contribution in [0.1, 0.15) is 23.0 Å². The van der Waals surface area contributed by atoms with E-state index in [0.717, 1.165) is 0 Å². The number of amides is 1. The smallest absolute Gasteiger partial charge is 0.379 e. The Hall–Kier alpha value is -4.19. The molecule has 0 atom stereocenters. The van der Waals surface area contributed by atoms with E-state index in [2.05, 4.69) is 26.5 Å².